The normalized spacial score (nSPS) is 11.9. The Hall–Kier alpha value is -1.96. The summed E-state index contributed by atoms with van der Waals surface area (Å²) in [6.07, 6.45) is 2.04. The standard InChI is InChI=1S/C11H14N2O5S/c1-11(2,19(3,17)18)10(16)13-8-5-4-7(6-12-8)9(14)15/h4-6H,1-3H3,(H,14,15)(H,12,13,16). The second-order valence-electron chi connectivity index (χ2n) is 4.47. The topological polar surface area (TPSA) is 113 Å². The second-order valence-corrected chi connectivity index (χ2v) is 7.04. The first-order valence-electron chi connectivity index (χ1n) is 5.26. The van der Waals surface area contributed by atoms with E-state index in [1.807, 2.05) is 0 Å². The van der Waals surface area contributed by atoms with Gasteiger partial charge in [0.1, 0.15) is 10.6 Å². The number of nitrogens with one attached hydrogen (secondary N) is 1. The van der Waals surface area contributed by atoms with Crippen molar-refractivity contribution >= 4 is 27.5 Å². The Morgan fingerprint density at radius 2 is 1.89 bits per heavy atom. The van der Waals surface area contributed by atoms with Crippen molar-refractivity contribution in [2.75, 3.05) is 11.6 Å². The minimum Gasteiger partial charge on any atom is -0.478 e. The zero-order valence-electron chi connectivity index (χ0n) is 10.7. The van der Waals surface area contributed by atoms with Gasteiger partial charge in [-0.2, -0.15) is 0 Å². The average molecular weight is 286 g/mol. The van der Waals surface area contributed by atoms with Gasteiger partial charge in [0.2, 0.25) is 5.91 Å². The number of carbonyl (C=O) groups excluding carboxylic acids is 1. The molecule has 1 amide bonds. The molecule has 0 atom stereocenters. The van der Waals surface area contributed by atoms with E-state index in [1.54, 1.807) is 0 Å². The zero-order chi connectivity index (χ0) is 14.8. The maximum Gasteiger partial charge on any atom is 0.337 e. The van der Waals surface area contributed by atoms with Gasteiger partial charge in [0.15, 0.2) is 9.84 Å². The molecule has 0 unspecified atom stereocenters. The van der Waals surface area contributed by atoms with E-state index in [9.17, 15) is 18.0 Å². The van der Waals surface area contributed by atoms with Gasteiger partial charge in [0.25, 0.3) is 0 Å². The molecule has 0 aliphatic rings. The van der Waals surface area contributed by atoms with Gasteiger partial charge in [0.05, 0.1) is 5.56 Å². The average Bonchev–Trinajstić information content (AvgIpc) is 2.28. The number of nitrogens with zero attached hydrogens (tertiary/aromatic N) is 1. The van der Waals surface area contributed by atoms with Crippen LogP contribution in [0.5, 0.6) is 0 Å². The molecule has 0 aromatic carbocycles. The van der Waals surface area contributed by atoms with Crippen LogP contribution in [0.15, 0.2) is 18.3 Å². The Morgan fingerprint density at radius 1 is 1.32 bits per heavy atom. The Bertz CT molecular complexity index is 604. The highest BCUT2D eigenvalue weighted by Gasteiger charge is 2.38. The minimum absolute atomic E-state index is 0.0274. The molecule has 19 heavy (non-hydrogen) atoms. The van der Waals surface area contributed by atoms with Crippen molar-refractivity contribution < 1.29 is 23.1 Å². The third-order valence-electron chi connectivity index (χ3n) is 2.73. The molecule has 0 radical (unpaired) electrons. The van der Waals surface area contributed by atoms with Crippen molar-refractivity contribution in [3.8, 4) is 0 Å². The lowest BCUT2D eigenvalue weighted by molar-refractivity contribution is -0.117. The molecule has 1 aromatic rings. The van der Waals surface area contributed by atoms with Crippen molar-refractivity contribution in [2.45, 2.75) is 18.6 Å². The fourth-order valence-corrected chi connectivity index (χ4v) is 1.42. The summed E-state index contributed by atoms with van der Waals surface area (Å²) in [6, 6.07) is 2.55. The number of carbonyl (C=O) groups is 2. The van der Waals surface area contributed by atoms with Crippen molar-refractivity contribution in [3.63, 3.8) is 0 Å². The number of amides is 1. The highest BCUT2D eigenvalue weighted by atomic mass is 32.2. The molecular formula is C11H14N2O5S. The van der Waals surface area contributed by atoms with Gasteiger partial charge in [-0.3, -0.25) is 4.79 Å². The van der Waals surface area contributed by atoms with E-state index in [0.717, 1.165) is 12.5 Å². The quantitative estimate of drug-likeness (QED) is 0.835. The van der Waals surface area contributed by atoms with Crippen molar-refractivity contribution in [2.24, 2.45) is 0 Å². The molecule has 7 nitrogen and oxygen atoms in total. The van der Waals surface area contributed by atoms with Gasteiger partial charge in [-0.05, 0) is 26.0 Å². The van der Waals surface area contributed by atoms with Crippen LogP contribution in [0.2, 0.25) is 0 Å². The number of anilines is 1. The van der Waals surface area contributed by atoms with E-state index in [-0.39, 0.29) is 11.4 Å². The lowest BCUT2D eigenvalue weighted by Gasteiger charge is -2.20. The maximum atomic E-state index is 11.9. The van der Waals surface area contributed by atoms with Crippen LogP contribution < -0.4 is 5.32 Å². The molecule has 104 valence electrons. The molecule has 0 saturated heterocycles. The number of sulfone groups is 1. The van der Waals surface area contributed by atoms with E-state index in [4.69, 9.17) is 5.11 Å². The lowest BCUT2D eigenvalue weighted by Crippen LogP contribution is -2.44. The van der Waals surface area contributed by atoms with Crippen LogP contribution in [0, 0.1) is 0 Å². The highest BCUT2D eigenvalue weighted by Crippen LogP contribution is 2.17. The van der Waals surface area contributed by atoms with E-state index >= 15 is 0 Å². The molecule has 0 saturated carbocycles. The number of hydrogen-bond acceptors (Lipinski definition) is 5. The summed E-state index contributed by atoms with van der Waals surface area (Å²) in [7, 11) is -3.58. The molecule has 8 heteroatoms. The largest absolute Gasteiger partial charge is 0.478 e. The first-order valence-corrected chi connectivity index (χ1v) is 7.15. The van der Waals surface area contributed by atoms with E-state index in [0.29, 0.717) is 0 Å². The van der Waals surface area contributed by atoms with E-state index < -0.39 is 26.5 Å². The molecule has 0 aliphatic heterocycles. The number of aromatic nitrogens is 1. The molecule has 0 spiro atoms. The first kappa shape index (κ1) is 15.1. The molecular weight excluding hydrogens is 272 g/mol. The van der Waals surface area contributed by atoms with E-state index in [2.05, 4.69) is 10.3 Å². The van der Waals surface area contributed by atoms with Gasteiger partial charge in [-0.1, -0.05) is 0 Å². The van der Waals surface area contributed by atoms with Crippen LogP contribution in [0.4, 0.5) is 5.82 Å². The second kappa shape index (κ2) is 4.96. The van der Waals surface area contributed by atoms with Gasteiger partial charge < -0.3 is 10.4 Å². The van der Waals surface area contributed by atoms with Crippen LogP contribution in [0.3, 0.4) is 0 Å². The fourth-order valence-electron chi connectivity index (χ4n) is 1.03. The van der Waals surface area contributed by atoms with Crippen LogP contribution in [0.25, 0.3) is 0 Å². The smallest absolute Gasteiger partial charge is 0.337 e. The van der Waals surface area contributed by atoms with Gasteiger partial charge in [0, 0.05) is 12.5 Å². The third kappa shape index (κ3) is 3.28. The Kier molecular flexibility index (Phi) is 3.94. The van der Waals surface area contributed by atoms with E-state index in [1.165, 1.54) is 26.0 Å². The van der Waals surface area contributed by atoms with Crippen molar-refractivity contribution in [1.82, 2.24) is 4.98 Å². The van der Waals surface area contributed by atoms with Crippen LogP contribution in [0.1, 0.15) is 24.2 Å². The molecule has 0 fully saturated rings. The molecule has 1 aromatic heterocycles. The number of rotatable bonds is 4. The Balaban J connectivity index is 2.92. The molecule has 2 N–H and O–H groups in total. The minimum atomic E-state index is -3.58. The van der Waals surface area contributed by atoms with Gasteiger partial charge in [-0.15, -0.1) is 0 Å². The number of aromatic carboxylic acids is 1. The molecule has 0 bridgehead atoms. The predicted molar refractivity (Wildman–Crippen MR) is 68.7 cm³/mol. The number of carboxylic acids is 1. The molecule has 1 rings (SSSR count). The summed E-state index contributed by atoms with van der Waals surface area (Å²) in [5.41, 5.74) is -0.0274. The van der Waals surface area contributed by atoms with Gasteiger partial charge in [-0.25, -0.2) is 18.2 Å². The summed E-state index contributed by atoms with van der Waals surface area (Å²) in [5, 5.41) is 11.0. The summed E-state index contributed by atoms with van der Waals surface area (Å²) < 4.78 is 21.3. The van der Waals surface area contributed by atoms with Crippen molar-refractivity contribution in [1.29, 1.82) is 0 Å². The zero-order valence-corrected chi connectivity index (χ0v) is 11.5. The first-order chi connectivity index (χ1) is 8.55. The van der Waals surface area contributed by atoms with Crippen LogP contribution in [-0.4, -0.2) is 41.4 Å². The summed E-state index contributed by atoms with van der Waals surface area (Å²) >= 11 is 0. The number of hydrogen-bond donors (Lipinski definition) is 2. The lowest BCUT2D eigenvalue weighted by atomic mass is 10.2. The summed E-state index contributed by atoms with van der Waals surface area (Å²) in [4.78, 5) is 26.2. The highest BCUT2D eigenvalue weighted by molar-refractivity contribution is 7.92. The number of carboxylic acid groups (broad SMARTS) is 1. The predicted octanol–water partition coefficient (Wildman–Crippen LogP) is 0.542. The van der Waals surface area contributed by atoms with Crippen LogP contribution >= 0.6 is 0 Å². The monoisotopic (exact) mass is 286 g/mol. The van der Waals surface area contributed by atoms with Crippen LogP contribution in [-0.2, 0) is 14.6 Å². The maximum absolute atomic E-state index is 11.9. The molecule has 1 heterocycles. The third-order valence-corrected chi connectivity index (χ3v) is 4.77. The number of pyridine rings is 1. The molecule has 0 aliphatic carbocycles. The summed E-state index contributed by atoms with van der Waals surface area (Å²) in [6.45, 7) is 2.56. The summed E-state index contributed by atoms with van der Waals surface area (Å²) in [5.74, 6) is -1.78. The Labute approximate surface area is 110 Å². The SMILES string of the molecule is CC(C)(C(=O)Nc1ccc(C(=O)O)cn1)S(C)(=O)=O. The Morgan fingerprint density at radius 3 is 2.26 bits per heavy atom. The fraction of sp³-hybridized carbons (Fsp3) is 0.364. The van der Waals surface area contributed by atoms with Crippen molar-refractivity contribution in [3.05, 3.63) is 23.9 Å². The van der Waals surface area contributed by atoms with Gasteiger partial charge >= 0.3 is 5.97 Å².